The van der Waals surface area contributed by atoms with E-state index < -0.39 is 0 Å². The van der Waals surface area contributed by atoms with Gasteiger partial charge in [-0.3, -0.25) is 9.59 Å². The lowest BCUT2D eigenvalue weighted by atomic mass is 9.48. The number of hydrogen-bond acceptors (Lipinski definition) is 2. The van der Waals surface area contributed by atoms with Gasteiger partial charge in [0, 0.05) is 22.5 Å². The van der Waals surface area contributed by atoms with E-state index in [9.17, 15) is 0 Å². The van der Waals surface area contributed by atoms with Gasteiger partial charge in [0.25, 0.3) is 0 Å². The van der Waals surface area contributed by atoms with Gasteiger partial charge in [-0.1, -0.05) is 0 Å². The molecule has 278 valence electrons. The Balaban J connectivity index is 0.906. The second-order valence-electron chi connectivity index (χ2n) is 23.5. The minimum atomic E-state index is -0.129. The Labute approximate surface area is 313 Å². The molecule has 0 atom stereocenters. The van der Waals surface area contributed by atoms with Crippen LogP contribution in [-0.4, -0.2) is 22.9 Å². The quantitative estimate of drug-likeness (QED) is 0.296. The lowest BCUT2D eigenvalue weighted by Gasteiger charge is -2.63. The third kappa shape index (κ3) is 4.39. The first-order chi connectivity index (χ1) is 25.2. The van der Waals surface area contributed by atoms with E-state index in [0.717, 1.165) is 110 Å². The minimum absolute atomic E-state index is 0.00527. The molecule has 16 aliphatic carbocycles. The van der Waals surface area contributed by atoms with Crippen LogP contribution in [0.4, 0.5) is 11.4 Å². The van der Waals surface area contributed by atoms with Crippen LogP contribution in [-0.2, 0) is 9.59 Å². The van der Waals surface area contributed by atoms with Crippen molar-refractivity contribution in [1.82, 2.24) is 0 Å². The van der Waals surface area contributed by atoms with Crippen LogP contribution in [0.3, 0.4) is 0 Å². The van der Waals surface area contributed by atoms with Crippen molar-refractivity contribution in [3.63, 3.8) is 0 Å². The Morgan fingerprint density at radius 1 is 0.346 bits per heavy atom. The molecule has 1 aromatic carbocycles. The van der Waals surface area contributed by atoms with E-state index in [0.29, 0.717) is 11.8 Å². The van der Waals surface area contributed by atoms with Gasteiger partial charge in [-0.15, -0.1) is 0 Å². The predicted octanol–water partition coefficient (Wildman–Crippen LogP) is 10.7. The summed E-state index contributed by atoms with van der Waals surface area (Å²) in [5, 5.41) is 0. The first-order valence-corrected chi connectivity index (χ1v) is 23.0. The molecular weight excluding hydrogens is 637 g/mol. The fourth-order valence-electron chi connectivity index (χ4n) is 19.9. The van der Waals surface area contributed by atoms with Gasteiger partial charge in [-0.2, -0.15) is 0 Å². The minimum Gasteiger partial charge on any atom is -0.306 e. The molecule has 16 bridgehead atoms. The topological polar surface area (TPSA) is 40.6 Å². The normalized spacial score (nSPS) is 53.5. The average molecular weight is 701 g/mol. The van der Waals surface area contributed by atoms with Gasteiger partial charge in [-0.05, 0) is 249 Å². The maximum absolute atomic E-state index is 15.7. The fraction of sp³-hybridized carbons (Fsp3) is 0.833. The first-order valence-electron chi connectivity index (χ1n) is 23.0. The van der Waals surface area contributed by atoms with Crippen LogP contribution in [0.1, 0.15) is 154 Å². The molecule has 0 N–H and O–H groups in total. The van der Waals surface area contributed by atoms with Crippen LogP contribution >= 0.6 is 0 Å². The van der Waals surface area contributed by atoms with Crippen LogP contribution < -0.4 is 9.80 Å². The molecule has 2 amide bonds. The highest BCUT2D eigenvalue weighted by Gasteiger charge is 2.63. The molecule has 0 heterocycles. The summed E-state index contributed by atoms with van der Waals surface area (Å²) in [7, 11) is 0. The molecule has 0 aliphatic heterocycles. The molecule has 16 fully saturated rings. The standard InChI is InChI=1S/C48H64N2O2/c51-43(45-17-29-5-30(18-45)7-31(6-29)19-45)49(47-23-35-11-36(24-47)13-37(12-35)25-47)41-1-2-42(4-3-41)50(48-26-38-14-39(27-48)16-40(15-38)28-48)44(52)46-20-32-8-33(21-46)10-34(9-32)22-46/h1-4,29-40H,5-28H2. The number of carbonyl (C=O) groups is 2. The van der Waals surface area contributed by atoms with Crippen molar-refractivity contribution in [1.29, 1.82) is 0 Å². The molecule has 52 heavy (non-hydrogen) atoms. The van der Waals surface area contributed by atoms with E-state index in [1.165, 1.54) is 127 Å². The Hall–Kier alpha value is -1.84. The van der Waals surface area contributed by atoms with E-state index >= 15 is 9.59 Å². The number of hydrogen-bond donors (Lipinski definition) is 0. The number of nitrogens with zero attached hydrogens (tertiary/aromatic N) is 2. The van der Waals surface area contributed by atoms with Crippen molar-refractivity contribution in [3.8, 4) is 0 Å². The van der Waals surface area contributed by atoms with E-state index in [1.807, 2.05) is 0 Å². The van der Waals surface area contributed by atoms with E-state index in [4.69, 9.17) is 0 Å². The number of benzene rings is 1. The summed E-state index contributed by atoms with van der Waals surface area (Å²) < 4.78 is 0. The molecule has 0 saturated heterocycles. The molecule has 0 radical (unpaired) electrons. The third-order valence-electron chi connectivity index (χ3n) is 19.7. The van der Waals surface area contributed by atoms with Crippen LogP contribution in [0.5, 0.6) is 0 Å². The van der Waals surface area contributed by atoms with Gasteiger partial charge in [0.2, 0.25) is 11.8 Å². The number of rotatable bonds is 6. The SMILES string of the molecule is O=C(N(c1ccc(N(C(=O)C23CC4CC(CC(C4)C2)C3)C23CC4CC(CC(C4)C2)C3)cc1)C12CC3CC(CC(C3)C1)C2)C12CC3CC(CC(C3)C1)C2. The van der Waals surface area contributed by atoms with Crippen LogP contribution in [0, 0.1) is 81.8 Å². The van der Waals surface area contributed by atoms with Crippen molar-refractivity contribution in [2.24, 2.45) is 81.8 Å². The molecule has 1 aromatic rings. The molecule has 0 spiro atoms. The summed E-state index contributed by atoms with van der Waals surface area (Å²) in [6.45, 7) is 0. The zero-order valence-electron chi connectivity index (χ0n) is 31.9. The molecule has 0 unspecified atom stereocenters. The number of carbonyl (C=O) groups excluding carboxylic acids is 2. The summed E-state index contributed by atoms with van der Waals surface area (Å²) in [5.41, 5.74) is 2.11. The molecule has 0 aromatic heterocycles. The molecular formula is C48H64N2O2. The fourth-order valence-corrected chi connectivity index (χ4v) is 19.9. The highest BCUT2D eigenvalue weighted by molar-refractivity contribution is 6.01. The second kappa shape index (κ2) is 10.5. The van der Waals surface area contributed by atoms with Gasteiger partial charge < -0.3 is 9.80 Å². The summed E-state index contributed by atoms with van der Waals surface area (Å²) in [4.78, 5) is 36.4. The average Bonchev–Trinajstić information content (AvgIpc) is 3.06. The molecule has 16 aliphatic rings. The Morgan fingerprint density at radius 3 is 0.750 bits per heavy atom. The van der Waals surface area contributed by atoms with Crippen LogP contribution in [0.25, 0.3) is 0 Å². The summed E-state index contributed by atoms with van der Waals surface area (Å²) in [6.07, 6.45) is 31.0. The third-order valence-corrected chi connectivity index (χ3v) is 19.7. The highest BCUT2D eigenvalue weighted by Crippen LogP contribution is 2.66. The number of amides is 2. The van der Waals surface area contributed by atoms with E-state index in [-0.39, 0.29) is 21.9 Å². The largest absolute Gasteiger partial charge is 0.306 e. The smallest absolute Gasteiger partial charge is 0.233 e. The molecule has 4 nitrogen and oxygen atoms in total. The van der Waals surface area contributed by atoms with Crippen molar-refractivity contribution in [3.05, 3.63) is 24.3 Å². The predicted molar refractivity (Wildman–Crippen MR) is 204 cm³/mol. The summed E-state index contributed by atoms with van der Waals surface area (Å²) >= 11 is 0. The van der Waals surface area contributed by atoms with E-state index in [2.05, 4.69) is 34.1 Å². The lowest BCUT2D eigenvalue weighted by Crippen LogP contribution is -2.66. The first kappa shape index (κ1) is 31.4. The van der Waals surface area contributed by atoms with Crippen molar-refractivity contribution in [2.75, 3.05) is 9.80 Å². The zero-order chi connectivity index (χ0) is 34.2. The van der Waals surface area contributed by atoms with Crippen LogP contribution in [0.15, 0.2) is 24.3 Å². The van der Waals surface area contributed by atoms with Gasteiger partial charge in [0.1, 0.15) is 0 Å². The Bertz CT molecular complexity index is 1420. The lowest BCUT2D eigenvalue weighted by molar-refractivity contribution is -0.147. The van der Waals surface area contributed by atoms with Crippen molar-refractivity contribution < 1.29 is 9.59 Å². The second-order valence-corrected chi connectivity index (χ2v) is 23.5. The maximum atomic E-state index is 15.7. The molecule has 17 rings (SSSR count). The van der Waals surface area contributed by atoms with Crippen molar-refractivity contribution >= 4 is 23.2 Å². The van der Waals surface area contributed by atoms with Crippen LogP contribution in [0.2, 0.25) is 0 Å². The van der Waals surface area contributed by atoms with E-state index in [1.54, 1.807) is 0 Å². The Morgan fingerprint density at radius 2 is 0.538 bits per heavy atom. The monoisotopic (exact) mass is 700 g/mol. The summed E-state index contributed by atoms with van der Waals surface area (Å²) in [5.74, 6) is 10.6. The number of anilines is 2. The van der Waals surface area contributed by atoms with Gasteiger partial charge in [0.05, 0.1) is 10.8 Å². The maximum Gasteiger partial charge on any atom is 0.233 e. The zero-order valence-corrected chi connectivity index (χ0v) is 31.9. The van der Waals surface area contributed by atoms with Gasteiger partial charge in [0.15, 0.2) is 0 Å². The van der Waals surface area contributed by atoms with Crippen molar-refractivity contribution in [2.45, 2.75) is 165 Å². The Kier molecular flexibility index (Phi) is 6.34. The molecule has 16 saturated carbocycles. The van der Waals surface area contributed by atoms with Gasteiger partial charge >= 0.3 is 0 Å². The van der Waals surface area contributed by atoms with Gasteiger partial charge in [-0.25, -0.2) is 0 Å². The highest BCUT2D eigenvalue weighted by atomic mass is 16.2. The molecule has 4 heteroatoms. The summed E-state index contributed by atoms with van der Waals surface area (Å²) in [6, 6.07) is 9.53.